The number of hydrogen-bond acceptors (Lipinski definition) is 5. The molecular weight excluding hydrogens is 188 g/mol. The van der Waals surface area contributed by atoms with Crippen molar-refractivity contribution in [2.45, 2.75) is 6.42 Å². The second kappa shape index (κ2) is 5.16. The van der Waals surface area contributed by atoms with Gasteiger partial charge in [0, 0.05) is 0 Å². The quantitative estimate of drug-likeness (QED) is 0.272. The van der Waals surface area contributed by atoms with E-state index in [-0.39, 0.29) is 12.7 Å². The first-order chi connectivity index (χ1) is 6.58. The van der Waals surface area contributed by atoms with Crippen molar-refractivity contribution in [3.05, 3.63) is 12.7 Å². The molecule has 5 heteroatoms. The Kier molecular flexibility index (Phi) is 4.55. The number of aldehydes is 1. The topological polar surface area (TPSA) is 69.7 Å². The molecule has 0 unspecified atom stereocenters. The highest BCUT2D eigenvalue weighted by Gasteiger charge is 2.47. The molecule has 78 valence electrons. The van der Waals surface area contributed by atoms with Crippen molar-refractivity contribution in [1.82, 2.24) is 0 Å². The molecular formula is C9H12O5. The van der Waals surface area contributed by atoms with Gasteiger partial charge in [0.15, 0.2) is 0 Å². The van der Waals surface area contributed by atoms with Gasteiger partial charge in [0.1, 0.15) is 6.29 Å². The van der Waals surface area contributed by atoms with Gasteiger partial charge < -0.3 is 14.3 Å². The van der Waals surface area contributed by atoms with E-state index in [2.05, 4.69) is 16.1 Å². The smallest absolute Gasteiger partial charge is 0.330 e. The molecule has 0 spiro atoms. The van der Waals surface area contributed by atoms with Crippen LogP contribution in [0.4, 0.5) is 0 Å². The maximum atomic E-state index is 11.3. The first-order valence-electron chi connectivity index (χ1n) is 3.83. The number of carbonyl (C=O) groups is 3. The van der Waals surface area contributed by atoms with Gasteiger partial charge in [0.2, 0.25) is 5.41 Å². The normalized spacial score (nSPS) is 10.1. The maximum absolute atomic E-state index is 11.3. The molecule has 0 aromatic rings. The van der Waals surface area contributed by atoms with Crippen LogP contribution < -0.4 is 0 Å². The van der Waals surface area contributed by atoms with Crippen LogP contribution in [-0.2, 0) is 23.9 Å². The second-order valence-corrected chi connectivity index (χ2v) is 2.57. The molecule has 0 rings (SSSR count). The van der Waals surface area contributed by atoms with Gasteiger partial charge in [0.25, 0.3) is 0 Å². The third-order valence-electron chi connectivity index (χ3n) is 1.77. The molecule has 0 heterocycles. The highest BCUT2D eigenvalue weighted by atomic mass is 16.5. The van der Waals surface area contributed by atoms with Gasteiger partial charge >= 0.3 is 11.9 Å². The summed E-state index contributed by atoms with van der Waals surface area (Å²) in [6.07, 6.45) is 1.35. The molecule has 0 saturated carbocycles. The SMILES string of the molecule is C=CCC(C=O)(C(=O)OC)C(=O)OC. The van der Waals surface area contributed by atoms with E-state index in [4.69, 9.17) is 0 Å². The van der Waals surface area contributed by atoms with Crippen LogP contribution in [0.1, 0.15) is 6.42 Å². The number of methoxy groups -OCH3 is 2. The summed E-state index contributed by atoms with van der Waals surface area (Å²) in [6.45, 7) is 3.35. The van der Waals surface area contributed by atoms with Crippen molar-refractivity contribution in [3.8, 4) is 0 Å². The van der Waals surface area contributed by atoms with E-state index < -0.39 is 17.4 Å². The molecule has 0 aromatic carbocycles. The molecule has 0 aliphatic heterocycles. The van der Waals surface area contributed by atoms with E-state index in [1.807, 2.05) is 0 Å². The fourth-order valence-corrected chi connectivity index (χ4v) is 0.986. The fraction of sp³-hybridized carbons (Fsp3) is 0.444. The monoisotopic (exact) mass is 200 g/mol. The molecule has 5 nitrogen and oxygen atoms in total. The number of esters is 2. The lowest BCUT2D eigenvalue weighted by Gasteiger charge is -2.20. The van der Waals surface area contributed by atoms with Gasteiger partial charge in [0.05, 0.1) is 14.2 Å². The number of carbonyl (C=O) groups excluding carboxylic acids is 3. The Labute approximate surface area is 81.7 Å². The Bertz CT molecular complexity index is 240. The lowest BCUT2D eigenvalue weighted by atomic mass is 9.86. The van der Waals surface area contributed by atoms with Gasteiger partial charge in [-0.2, -0.15) is 0 Å². The van der Waals surface area contributed by atoms with Gasteiger partial charge in [-0.3, -0.25) is 9.59 Å². The Morgan fingerprint density at radius 2 is 1.71 bits per heavy atom. The minimum Gasteiger partial charge on any atom is -0.468 e. The molecule has 0 fully saturated rings. The van der Waals surface area contributed by atoms with Crippen molar-refractivity contribution in [3.63, 3.8) is 0 Å². The summed E-state index contributed by atoms with van der Waals surface area (Å²) in [5.41, 5.74) is -1.91. The average Bonchev–Trinajstić information content (AvgIpc) is 2.23. The molecule has 0 saturated heterocycles. The molecule has 0 bridgehead atoms. The van der Waals surface area contributed by atoms with Crippen LogP contribution in [0.3, 0.4) is 0 Å². The molecule has 0 radical (unpaired) electrons. The second-order valence-electron chi connectivity index (χ2n) is 2.57. The lowest BCUT2D eigenvalue weighted by Crippen LogP contribution is -2.42. The Morgan fingerprint density at radius 1 is 1.29 bits per heavy atom. The Balaban J connectivity index is 5.16. The summed E-state index contributed by atoms with van der Waals surface area (Å²) in [7, 11) is 2.18. The molecule has 0 atom stereocenters. The molecule has 0 aliphatic rings. The van der Waals surface area contributed by atoms with Crippen molar-refractivity contribution >= 4 is 18.2 Å². The summed E-state index contributed by atoms with van der Waals surface area (Å²) in [5, 5.41) is 0. The minimum atomic E-state index is -1.91. The van der Waals surface area contributed by atoms with Crippen molar-refractivity contribution < 1.29 is 23.9 Å². The van der Waals surface area contributed by atoms with Crippen LogP contribution in [-0.4, -0.2) is 32.4 Å². The van der Waals surface area contributed by atoms with Crippen molar-refractivity contribution in [2.75, 3.05) is 14.2 Å². The Morgan fingerprint density at radius 3 is 1.93 bits per heavy atom. The van der Waals surface area contributed by atoms with E-state index >= 15 is 0 Å². The van der Waals surface area contributed by atoms with Crippen LogP contribution in [0.25, 0.3) is 0 Å². The third kappa shape index (κ3) is 1.99. The number of hydrogen-bond donors (Lipinski definition) is 0. The van der Waals surface area contributed by atoms with Crippen LogP contribution in [0.5, 0.6) is 0 Å². The summed E-state index contributed by atoms with van der Waals surface area (Å²) in [5.74, 6) is -1.89. The van der Waals surface area contributed by atoms with Gasteiger partial charge in [-0.05, 0) is 6.42 Å². The predicted octanol–water partition coefficient (Wildman–Crippen LogP) is 0.0938. The van der Waals surface area contributed by atoms with Crippen molar-refractivity contribution in [1.29, 1.82) is 0 Å². The van der Waals surface area contributed by atoms with E-state index in [1.54, 1.807) is 0 Å². The molecule has 0 aliphatic carbocycles. The maximum Gasteiger partial charge on any atom is 0.330 e. The zero-order chi connectivity index (χ0) is 11.2. The number of allylic oxidation sites excluding steroid dienone is 1. The first kappa shape index (κ1) is 12.3. The number of ether oxygens (including phenoxy) is 2. The lowest BCUT2D eigenvalue weighted by molar-refractivity contribution is -0.169. The molecule has 14 heavy (non-hydrogen) atoms. The molecule has 0 amide bonds. The Hall–Kier alpha value is -1.65. The van der Waals surface area contributed by atoms with E-state index in [1.165, 1.54) is 6.08 Å². The summed E-state index contributed by atoms with van der Waals surface area (Å²) in [6, 6.07) is 0. The molecule has 0 aromatic heterocycles. The van der Waals surface area contributed by atoms with E-state index in [9.17, 15) is 14.4 Å². The standard InChI is InChI=1S/C9H12O5/c1-4-5-9(6-10,7(11)13-2)8(12)14-3/h4,6H,1,5H2,2-3H3. The third-order valence-corrected chi connectivity index (χ3v) is 1.77. The fourth-order valence-electron chi connectivity index (χ4n) is 0.986. The zero-order valence-corrected chi connectivity index (χ0v) is 8.11. The van der Waals surface area contributed by atoms with Crippen LogP contribution >= 0.6 is 0 Å². The van der Waals surface area contributed by atoms with Crippen LogP contribution in [0.2, 0.25) is 0 Å². The highest BCUT2D eigenvalue weighted by Crippen LogP contribution is 2.23. The van der Waals surface area contributed by atoms with E-state index in [0.29, 0.717) is 0 Å². The van der Waals surface area contributed by atoms with Crippen LogP contribution in [0.15, 0.2) is 12.7 Å². The highest BCUT2D eigenvalue weighted by molar-refractivity contribution is 6.13. The summed E-state index contributed by atoms with van der Waals surface area (Å²) >= 11 is 0. The predicted molar refractivity (Wildman–Crippen MR) is 47.3 cm³/mol. The number of rotatable bonds is 5. The summed E-state index contributed by atoms with van der Waals surface area (Å²) < 4.78 is 8.73. The van der Waals surface area contributed by atoms with Gasteiger partial charge in [-0.15, -0.1) is 6.58 Å². The summed E-state index contributed by atoms with van der Waals surface area (Å²) in [4.78, 5) is 33.3. The largest absolute Gasteiger partial charge is 0.468 e. The van der Waals surface area contributed by atoms with Crippen molar-refractivity contribution in [2.24, 2.45) is 5.41 Å². The minimum absolute atomic E-state index is 0.143. The first-order valence-corrected chi connectivity index (χ1v) is 3.83. The van der Waals surface area contributed by atoms with Gasteiger partial charge in [-0.25, -0.2) is 0 Å². The average molecular weight is 200 g/mol. The van der Waals surface area contributed by atoms with Gasteiger partial charge in [-0.1, -0.05) is 6.08 Å². The molecule has 0 N–H and O–H groups in total. The zero-order valence-electron chi connectivity index (χ0n) is 8.11. The van der Waals surface area contributed by atoms with Crippen LogP contribution in [0, 0.1) is 5.41 Å². The van der Waals surface area contributed by atoms with E-state index in [0.717, 1.165) is 14.2 Å².